The summed E-state index contributed by atoms with van der Waals surface area (Å²) in [5.74, 6) is 0.799. The van der Waals surface area contributed by atoms with Crippen LogP contribution in [0.1, 0.15) is 40.0 Å². The van der Waals surface area contributed by atoms with Gasteiger partial charge < -0.3 is 10.2 Å². The van der Waals surface area contributed by atoms with Gasteiger partial charge in [-0.1, -0.05) is 6.92 Å². The SMILES string of the molecule is CC1CN(C(C)C)CC1NC(=O)CCN1CCCC1. The Kier molecular flexibility index (Phi) is 5.22. The molecule has 0 radical (unpaired) electrons. The molecule has 0 aliphatic carbocycles. The van der Waals surface area contributed by atoms with Gasteiger partial charge in [-0.15, -0.1) is 0 Å². The molecule has 110 valence electrons. The molecule has 0 bridgehead atoms. The third-order valence-electron chi connectivity index (χ3n) is 4.57. The van der Waals surface area contributed by atoms with Crippen molar-refractivity contribution < 1.29 is 4.79 Å². The van der Waals surface area contributed by atoms with Crippen LogP contribution in [-0.2, 0) is 4.79 Å². The van der Waals surface area contributed by atoms with Gasteiger partial charge in [-0.05, 0) is 45.7 Å². The molecule has 2 saturated heterocycles. The first-order valence-electron chi connectivity index (χ1n) is 7.82. The van der Waals surface area contributed by atoms with Crippen molar-refractivity contribution in [3.8, 4) is 0 Å². The molecule has 1 N–H and O–H groups in total. The van der Waals surface area contributed by atoms with E-state index < -0.39 is 0 Å². The second-order valence-electron chi connectivity index (χ2n) is 6.50. The van der Waals surface area contributed by atoms with Crippen LogP contribution >= 0.6 is 0 Å². The van der Waals surface area contributed by atoms with E-state index in [2.05, 4.69) is 35.9 Å². The van der Waals surface area contributed by atoms with Gasteiger partial charge in [0.1, 0.15) is 0 Å². The minimum atomic E-state index is 0.231. The van der Waals surface area contributed by atoms with Gasteiger partial charge in [-0.25, -0.2) is 0 Å². The molecule has 2 atom stereocenters. The molecule has 0 aromatic heterocycles. The van der Waals surface area contributed by atoms with Gasteiger partial charge in [0, 0.05) is 38.1 Å². The molecule has 2 unspecified atom stereocenters. The zero-order chi connectivity index (χ0) is 13.8. The Hall–Kier alpha value is -0.610. The molecule has 1 amide bonds. The predicted octanol–water partition coefficient (Wildman–Crippen LogP) is 1.32. The molecule has 2 rings (SSSR count). The van der Waals surface area contributed by atoms with Crippen LogP contribution < -0.4 is 5.32 Å². The highest BCUT2D eigenvalue weighted by atomic mass is 16.1. The molecular formula is C15H29N3O. The Morgan fingerprint density at radius 2 is 1.95 bits per heavy atom. The fourth-order valence-corrected chi connectivity index (χ4v) is 3.16. The van der Waals surface area contributed by atoms with Crippen LogP contribution in [0.5, 0.6) is 0 Å². The van der Waals surface area contributed by atoms with E-state index in [0.29, 0.717) is 24.4 Å². The second kappa shape index (κ2) is 6.71. The zero-order valence-electron chi connectivity index (χ0n) is 12.7. The molecule has 0 aromatic rings. The van der Waals surface area contributed by atoms with Crippen molar-refractivity contribution in [3.05, 3.63) is 0 Å². The Labute approximate surface area is 117 Å². The molecule has 2 aliphatic rings. The van der Waals surface area contributed by atoms with Gasteiger partial charge in [0.15, 0.2) is 0 Å². The van der Waals surface area contributed by atoms with Gasteiger partial charge in [-0.2, -0.15) is 0 Å². The lowest BCUT2D eigenvalue weighted by atomic mass is 10.1. The number of amides is 1. The van der Waals surface area contributed by atoms with Crippen LogP contribution in [0.4, 0.5) is 0 Å². The summed E-state index contributed by atoms with van der Waals surface area (Å²) in [5.41, 5.74) is 0. The summed E-state index contributed by atoms with van der Waals surface area (Å²) >= 11 is 0. The normalized spacial score (nSPS) is 29.3. The number of nitrogens with one attached hydrogen (secondary N) is 1. The molecule has 2 heterocycles. The summed E-state index contributed by atoms with van der Waals surface area (Å²) in [7, 11) is 0. The van der Waals surface area contributed by atoms with Crippen LogP contribution in [0, 0.1) is 5.92 Å². The maximum atomic E-state index is 12.0. The fourth-order valence-electron chi connectivity index (χ4n) is 3.16. The van der Waals surface area contributed by atoms with E-state index >= 15 is 0 Å². The van der Waals surface area contributed by atoms with E-state index in [1.165, 1.54) is 25.9 Å². The standard InChI is InChI=1S/C15H29N3O/c1-12(2)18-10-13(3)14(11-18)16-15(19)6-9-17-7-4-5-8-17/h12-14H,4-11H2,1-3H3,(H,16,19). The predicted molar refractivity (Wildman–Crippen MR) is 78.1 cm³/mol. The van der Waals surface area contributed by atoms with Gasteiger partial charge in [0.05, 0.1) is 0 Å². The maximum absolute atomic E-state index is 12.0. The molecule has 4 heteroatoms. The van der Waals surface area contributed by atoms with Crippen molar-refractivity contribution in [2.24, 2.45) is 5.92 Å². The zero-order valence-corrected chi connectivity index (χ0v) is 12.7. The Balaban J connectivity index is 1.69. The number of carbonyl (C=O) groups excluding carboxylic acids is 1. The van der Waals surface area contributed by atoms with E-state index in [0.717, 1.165) is 19.6 Å². The van der Waals surface area contributed by atoms with Gasteiger partial charge in [0.25, 0.3) is 0 Å². The lowest BCUT2D eigenvalue weighted by Crippen LogP contribution is -2.41. The molecular weight excluding hydrogens is 238 g/mol. The average molecular weight is 267 g/mol. The van der Waals surface area contributed by atoms with Gasteiger partial charge >= 0.3 is 0 Å². The summed E-state index contributed by atoms with van der Waals surface area (Å²) < 4.78 is 0. The number of hydrogen-bond donors (Lipinski definition) is 1. The third-order valence-corrected chi connectivity index (χ3v) is 4.57. The molecule has 2 fully saturated rings. The van der Waals surface area contributed by atoms with E-state index in [1.54, 1.807) is 0 Å². The van der Waals surface area contributed by atoms with Crippen molar-refractivity contribution in [2.75, 3.05) is 32.7 Å². The smallest absolute Gasteiger partial charge is 0.221 e. The summed E-state index contributed by atoms with van der Waals surface area (Å²) in [4.78, 5) is 16.9. The number of carbonyl (C=O) groups is 1. The van der Waals surface area contributed by atoms with Crippen LogP contribution in [0.15, 0.2) is 0 Å². The largest absolute Gasteiger partial charge is 0.352 e. The molecule has 0 aromatic carbocycles. The lowest BCUT2D eigenvalue weighted by molar-refractivity contribution is -0.122. The maximum Gasteiger partial charge on any atom is 0.221 e. The van der Waals surface area contributed by atoms with Gasteiger partial charge in [-0.3, -0.25) is 9.69 Å². The Bertz CT molecular complexity index is 300. The highest BCUT2D eigenvalue weighted by molar-refractivity contribution is 5.76. The lowest BCUT2D eigenvalue weighted by Gasteiger charge is -2.21. The minimum Gasteiger partial charge on any atom is -0.352 e. The summed E-state index contributed by atoms with van der Waals surface area (Å²) in [5, 5.41) is 3.23. The minimum absolute atomic E-state index is 0.231. The first kappa shape index (κ1) is 14.8. The quantitative estimate of drug-likeness (QED) is 0.816. The van der Waals surface area contributed by atoms with E-state index in [9.17, 15) is 4.79 Å². The van der Waals surface area contributed by atoms with Crippen LogP contribution in [-0.4, -0.2) is 60.5 Å². The van der Waals surface area contributed by atoms with Crippen molar-refractivity contribution in [1.82, 2.24) is 15.1 Å². The molecule has 2 aliphatic heterocycles. The second-order valence-corrected chi connectivity index (χ2v) is 6.50. The highest BCUT2D eigenvalue weighted by Crippen LogP contribution is 2.18. The van der Waals surface area contributed by atoms with E-state index in [1.807, 2.05) is 0 Å². The Morgan fingerprint density at radius 3 is 2.53 bits per heavy atom. The first-order chi connectivity index (χ1) is 9.06. The third kappa shape index (κ3) is 4.18. The summed E-state index contributed by atoms with van der Waals surface area (Å²) in [6.07, 6.45) is 3.25. The van der Waals surface area contributed by atoms with Crippen LogP contribution in [0.2, 0.25) is 0 Å². The summed E-state index contributed by atoms with van der Waals surface area (Å²) in [6.45, 7) is 12.1. The number of hydrogen-bond acceptors (Lipinski definition) is 3. The van der Waals surface area contributed by atoms with Crippen molar-refractivity contribution in [2.45, 2.75) is 52.1 Å². The number of nitrogens with zero attached hydrogens (tertiary/aromatic N) is 2. The van der Waals surface area contributed by atoms with Gasteiger partial charge in [0.2, 0.25) is 5.91 Å². The summed E-state index contributed by atoms with van der Waals surface area (Å²) in [6, 6.07) is 0.919. The van der Waals surface area contributed by atoms with Crippen LogP contribution in [0.3, 0.4) is 0 Å². The molecule has 4 nitrogen and oxygen atoms in total. The van der Waals surface area contributed by atoms with E-state index in [-0.39, 0.29) is 5.91 Å². The topological polar surface area (TPSA) is 35.6 Å². The van der Waals surface area contributed by atoms with Crippen molar-refractivity contribution in [3.63, 3.8) is 0 Å². The monoisotopic (exact) mass is 267 g/mol. The molecule has 0 spiro atoms. The van der Waals surface area contributed by atoms with Crippen molar-refractivity contribution >= 4 is 5.91 Å². The molecule has 0 saturated carbocycles. The number of likely N-dealkylation sites (tertiary alicyclic amines) is 2. The fraction of sp³-hybridized carbons (Fsp3) is 0.933. The van der Waals surface area contributed by atoms with Crippen molar-refractivity contribution in [1.29, 1.82) is 0 Å². The first-order valence-corrected chi connectivity index (χ1v) is 7.82. The van der Waals surface area contributed by atoms with E-state index in [4.69, 9.17) is 0 Å². The number of rotatable bonds is 5. The highest BCUT2D eigenvalue weighted by Gasteiger charge is 2.31. The van der Waals surface area contributed by atoms with Crippen LogP contribution in [0.25, 0.3) is 0 Å². The average Bonchev–Trinajstić information content (AvgIpc) is 2.97. The Morgan fingerprint density at radius 1 is 1.26 bits per heavy atom. The molecule has 19 heavy (non-hydrogen) atoms.